The molecule has 0 bridgehead atoms. The standard InChI is InChI=1S/C16H21NO2/c1-3-4-5-9-14(2)10-8-12-15-11-6-7-13-16(15)17(18)19/h6-8,10-13H,3-5,9H2,1-2H3/b12-8+,14-10+. The van der Waals surface area contributed by atoms with Crippen molar-refractivity contribution in [2.75, 3.05) is 0 Å². The summed E-state index contributed by atoms with van der Waals surface area (Å²) in [6.45, 7) is 4.28. The molecule has 0 unspecified atom stereocenters. The van der Waals surface area contributed by atoms with Crippen molar-refractivity contribution in [1.29, 1.82) is 0 Å². The van der Waals surface area contributed by atoms with Gasteiger partial charge in [0.1, 0.15) is 0 Å². The molecule has 0 radical (unpaired) electrons. The summed E-state index contributed by atoms with van der Waals surface area (Å²) in [5.74, 6) is 0. The summed E-state index contributed by atoms with van der Waals surface area (Å²) in [5.41, 5.74) is 2.10. The number of hydrogen-bond acceptors (Lipinski definition) is 2. The van der Waals surface area contributed by atoms with Crippen LogP contribution in [0.3, 0.4) is 0 Å². The van der Waals surface area contributed by atoms with Crippen LogP contribution in [0, 0.1) is 10.1 Å². The average molecular weight is 259 g/mol. The second-order valence-electron chi connectivity index (χ2n) is 4.65. The predicted octanol–water partition coefficient (Wildman–Crippen LogP) is 5.13. The van der Waals surface area contributed by atoms with Crippen LogP contribution < -0.4 is 0 Å². The van der Waals surface area contributed by atoms with E-state index in [0.717, 1.165) is 6.42 Å². The first-order valence-corrected chi connectivity index (χ1v) is 6.72. The fourth-order valence-electron chi connectivity index (χ4n) is 1.85. The van der Waals surface area contributed by atoms with Crippen LogP contribution >= 0.6 is 0 Å². The Morgan fingerprint density at radius 2 is 2.05 bits per heavy atom. The Morgan fingerprint density at radius 1 is 1.32 bits per heavy atom. The monoisotopic (exact) mass is 259 g/mol. The first kappa shape index (κ1) is 15.2. The molecule has 0 saturated carbocycles. The molecular formula is C16H21NO2. The van der Waals surface area contributed by atoms with Gasteiger partial charge in [-0.05, 0) is 31.9 Å². The zero-order chi connectivity index (χ0) is 14.1. The van der Waals surface area contributed by atoms with E-state index in [1.54, 1.807) is 18.2 Å². The number of nitro benzene ring substituents is 1. The van der Waals surface area contributed by atoms with Crippen molar-refractivity contribution in [2.45, 2.75) is 39.5 Å². The number of hydrogen-bond donors (Lipinski definition) is 0. The van der Waals surface area contributed by atoms with Crippen molar-refractivity contribution >= 4 is 11.8 Å². The Bertz CT molecular complexity index is 475. The molecule has 1 rings (SSSR count). The van der Waals surface area contributed by atoms with E-state index in [9.17, 15) is 10.1 Å². The van der Waals surface area contributed by atoms with Gasteiger partial charge in [-0.25, -0.2) is 0 Å². The quantitative estimate of drug-likeness (QED) is 0.294. The Labute approximate surface area is 114 Å². The average Bonchev–Trinajstić information content (AvgIpc) is 2.39. The van der Waals surface area contributed by atoms with Gasteiger partial charge in [-0.3, -0.25) is 10.1 Å². The van der Waals surface area contributed by atoms with Crippen molar-refractivity contribution < 1.29 is 4.92 Å². The van der Waals surface area contributed by atoms with Gasteiger partial charge in [0.2, 0.25) is 0 Å². The van der Waals surface area contributed by atoms with Crippen LogP contribution in [0.25, 0.3) is 6.08 Å². The minimum Gasteiger partial charge on any atom is -0.258 e. The van der Waals surface area contributed by atoms with Gasteiger partial charge in [0.25, 0.3) is 5.69 Å². The van der Waals surface area contributed by atoms with Crippen molar-refractivity contribution in [1.82, 2.24) is 0 Å². The molecule has 1 aromatic carbocycles. The summed E-state index contributed by atoms with van der Waals surface area (Å²) in [4.78, 5) is 10.5. The minimum absolute atomic E-state index is 0.149. The van der Waals surface area contributed by atoms with E-state index in [1.165, 1.54) is 30.9 Å². The molecule has 1 aromatic rings. The van der Waals surface area contributed by atoms with Gasteiger partial charge in [-0.1, -0.05) is 49.6 Å². The highest BCUT2D eigenvalue weighted by Gasteiger charge is 2.08. The number of allylic oxidation sites excluding steroid dienone is 3. The lowest BCUT2D eigenvalue weighted by atomic mass is 10.1. The molecule has 3 heteroatoms. The molecule has 3 nitrogen and oxygen atoms in total. The molecule has 0 aliphatic rings. The highest BCUT2D eigenvalue weighted by molar-refractivity contribution is 5.61. The topological polar surface area (TPSA) is 43.1 Å². The number of rotatable bonds is 7. The number of nitrogens with zero attached hydrogens (tertiary/aromatic N) is 1. The molecule has 0 spiro atoms. The lowest BCUT2D eigenvalue weighted by Crippen LogP contribution is -1.90. The van der Waals surface area contributed by atoms with Crippen molar-refractivity contribution in [3.8, 4) is 0 Å². The van der Waals surface area contributed by atoms with E-state index in [2.05, 4.69) is 13.8 Å². The fourth-order valence-corrected chi connectivity index (χ4v) is 1.85. The minimum atomic E-state index is -0.350. The summed E-state index contributed by atoms with van der Waals surface area (Å²) < 4.78 is 0. The van der Waals surface area contributed by atoms with E-state index in [-0.39, 0.29) is 10.6 Å². The highest BCUT2D eigenvalue weighted by atomic mass is 16.6. The molecule has 0 N–H and O–H groups in total. The first-order chi connectivity index (χ1) is 9.15. The fraction of sp³-hybridized carbons (Fsp3) is 0.375. The van der Waals surface area contributed by atoms with Gasteiger partial charge in [0, 0.05) is 6.07 Å². The molecule has 0 amide bonds. The Balaban J connectivity index is 2.66. The second-order valence-corrected chi connectivity index (χ2v) is 4.65. The first-order valence-electron chi connectivity index (χ1n) is 6.72. The summed E-state index contributed by atoms with van der Waals surface area (Å²) in [5, 5.41) is 10.8. The van der Waals surface area contributed by atoms with Crippen LogP contribution in [0.5, 0.6) is 0 Å². The van der Waals surface area contributed by atoms with Gasteiger partial charge in [-0.15, -0.1) is 0 Å². The summed E-state index contributed by atoms with van der Waals surface area (Å²) in [6.07, 6.45) is 10.5. The number of nitro groups is 1. The molecule has 0 fully saturated rings. The zero-order valence-electron chi connectivity index (χ0n) is 11.6. The lowest BCUT2D eigenvalue weighted by molar-refractivity contribution is -0.385. The molecular weight excluding hydrogens is 238 g/mol. The van der Waals surface area contributed by atoms with Crippen molar-refractivity contribution in [3.05, 3.63) is 57.7 Å². The number of benzene rings is 1. The molecule has 0 heterocycles. The van der Waals surface area contributed by atoms with Gasteiger partial charge in [0.15, 0.2) is 0 Å². The molecule has 0 atom stereocenters. The maximum Gasteiger partial charge on any atom is 0.276 e. The Morgan fingerprint density at radius 3 is 2.74 bits per heavy atom. The molecule has 102 valence electrons. The third-order valence-electron chi connectivity index (χ3n) is 2.96. The summed E-state index contributed by atoms with van der Waals surface area (Å²) in [7, 11) is 0. The van der Waals surface area contributed by atoms with E-state index in [4.69, 9.17) is 0 Å². The van der Waals surface area contributed by atoms with E-state index >= 15 is 0 Å². The van der Waals surface area contributed by atoms with Crippen LogP contribution in [0.15, 0.2) is 42.0 Å². The second kappa shape index (κ2) is 8.25. The maximum atomic E-state index is 10.8. The maximum absolute atomic E-state index is 10.8. The lowest BCUT2D eigenvalue weighted by Gasteiger charge is -1.98. The molecule has 0 aliphatic heterocycles. The Hall–Kier alpha value is -1.90. The van der Waals surface area contributed by atoms with E-state index in [1.807, 2.05) is 18.2 Å². The zero-order valence-corrected chi connectivity index (χ0v) is 11.6. The van der Waals surface area contributed by atoms with Gasteiger partial charge in [0.05, 0.1) is 10.5 Å². The van der Waals surface area contributed by atoms with Crippen molar-refractivity contribution in [3.63, 3.8) is 0 Å². The van der Waals surface area contributed by atoms with Crippen LogP contribution in [0.4, 0.5) is 5.69 Å². The third-order valence-corrected chi connectivity index (χ3v) is 2.96. The number of para-hydroxylation sites is 1. The smallest absolute Gasteiger partial charge is 0.258 e. The third kappa shape index (κ3) is 5.51. The van der Waals surface area contributed by atoms with Gasteiger partial charge in [-0.2, -0.15) is 0 Å². The summed E-state index contributed by atoms with van der Waals surface area (Å²) >= 11 is 0. The highest BCUT2D eigenvalue weighted by Crippen LogP contribution is 2.19. The molecule has 0 aliphatic carbocycles. The van der Waals surface area contributed by atoms with Gasteiger partial charge < -0.3 is 0 Å². The van der Waals surface area contributed by atoms with Crippen LogP contribution in [0.2, 0.25) is 0 Å². The normalized spacial score (nSPS) is 12.0. The van der Waals surface area contributed by atoms with Crippen LogP contribution in [-0.2, 0) is 0 Å². The summed E-state index contributed by atoms with van der Waals surface area (Å²) in [6, 6.07) is 6.78. The molecule has 19 heavy (non-hydrogen) atoms. The van der Waals surface area contributed by atoms with Crippen LogP contribution in [-0.4, -0.2) is 4.92 Å². The van der Waals surface area contributed by atoms with E-state index in [0.29, 0.717) is 5.56 Å². The van der Waals surface area contributed by atoms with Gasteiger partial charge >= 0.3 is 0 Å². The van der Waals surface area contributed by atoms with Crippen molar-refractivity contribution in [2.24, 2.45) is 0 Å². The van der Waals surface area contributed by atoms with E-state index < -0.39 is 0 Å². The van der Waals surface area contributed by atoms with Crippen LogP contribution in [0.1, 0.15) is 45.1 Å². The number of unbranched alkanes of at least 4 members (excludes halogenated alkanes) is 2. The molecule has 0 aromatic heterocycles. The predicted molar refractivity (Wildman–Crippen MR) is 80.0 cm³/mol. The largest absolute Gasteiger partial charge is 0.276 e. The Kier molecular flexibility index (Phi) is 6.58. The molecule has 0 saturated heterocycles. The SMILES string of the molecule is CCCCC/C(C)=C/C=C/c1ccccc1[N+](=O)[O-].